The number of hydrogen-bond donors (Lipinski definition) is 1. The summed E-state index contributed by atoms with van der Waals surface area (Å²) in [7, 11) is 0. The molecule has 168 valence electrons. The van der Waals surface area contributed by atoms with E-state index < -0.39 is 35.2 Å². The number of nitrogens with zero attached hydrogens (tertiary/aromatic N) is 1. The number of nitrogens with one attached hydrogen (secondary N) is 1. The number of benzene rings is 1. The van der Waals surface area contributed by atoms with Gasteiger partial charge in [0.15, 0.2) is 0 Å². The third-order valence-electron chi connectivity index (χ3n) is 3.85. The lowest BCUT2D eigenvalue weighted by molar-refractivity contribution is -0.158. The Bertz CT molecular complexity index is 717. The quantitative estimate of drug-likeness (QED) is 0.676. The van der Waals surface area contributed by atoms with E-state index in [0.717, 1.165) is 5.56 Å². The molecule has 0 aromatic heterocycles. The van der Waals surface area contributed by atoms with Crippen LogP contribution in [0, 0.1) is 5.92 Å². The van der Waals surface area contributed by atoms with Crippen LogP contribution in [0.2, 0.25) is 0 Å². The van der Waals surface area contributed by atoms with Gasteiger partial charge in [0.05, 0.1) is 0 Å². The average Bonchev–Trinajstić information content (AvgIpc) is 2.56. The van der Waals surface area contributed by atoms with E-state index in [2.05, 4.69) is 5.32 Å². The fraction of sp³-hybridized carbons (Fsp3) is 0.609. The molecule has 1 aromatic carbocycles. The largest absolute Gasteiger partial charge is 0.459 e. The standard InChI is InChI=1S/C23H36N2O5/c1-16(2)19(20(27)30-23(6,7)8)24-21(28)25(14-17-12-10-9-11-13-17)15-18(26)29-22(3,4)5/h9-13,16,19H,14-15H2,1-8H3,(H,24,28)/t19-/m0/s1. The van der Waals surface area contributed by atoms with E-state index in [-0.39, 0.29) is 19.0 Å². The second-order valence-corrected chi connectivity index (χ2v) is 9.63. The van der Waals surface area contributed by atoms with Gasteiger partial charge in [-0.15, -0.1) is 0 Å². The molecule has 7 heteroatoms. The minimum absolute atomic E-state index is 0.191. The molecular formula is C23H36N2O5. The van der Waals surface area contributed by atoms with Crippen LogP contribution in [-0.2, 0) is 25.6 Å². The molecule has 1 N–H and O–H groups in total. The van der Waals surface area contributed by atoms with Crippen molar-refractivity contribution < 1.29 is 23.9 Å². The van der Waals surface area contributed by atoms with Crippen molar-refractivity contribution in [1.29, 1.82) is 0 Å². The van der Waals surface area contributed by atoms with Crippen molar-refractivity contribution in [2.24, 2.45) is 5.92 Å². The predicted molar refractivity (Wildman–Crippen MR) is 116 cm³/mol. The molecule has 0 unspecified atom stereocenters. The maximum atomic E-state index is 13.0. The van der Waals surface area contributed by atoms with Crippen LogP contribution in [0.1, 0.15) is 61.0 Å². The summed E-state index contributed by atoms with van der Waals surface area (Å²) in [6.45, 7) is 14.2. The van der Waals surface area contributed by atoms with Crippen LogP contribution in [0.25, 0.3) is 0 Å². The lowest BCUT2D eigenvalue weighted by Crippen LogP contribution is -2.52. The summed E-state index contributed by atoms with van der Waals surface area (Å²) < 4.78 is 10.8. The minimum atomic E-state index is -0.839. The van der Waals surface area contributed by atoms with Crippen molar-refractivity contribution in [3.8, 4) is 0 Å². The van der Waals surface area contributed by atoms with Crippen LogP contribution in [0.4, 0.5) is 4.79 Å². The van der Waals surface area contributed by atoms with Crippen molar-refractivity contribution in [2.45, 2.75) is 79.2 Å². The molecule has 1 aromatic rings. The first-order valence-corrected chi connectivity index (χ1v) is 10.2. The van der Waals surface area contributed by atoms with Crippen molar-refractivity contribution in [3.63, 3.8) is 0 Å². The zero-order valence-corrected chi connectivity index (χ0v) is 19.4. The molecule has 7 nitrogen and oxygen atoms in total. The fourth-order valence-electron chi connectivity index (χ4n) is 2.62. The van der Waals surface area contributed by atoms with E-state index in [1.165, 1.54) is 4.90 Å². The summed E-state index contributed by atoms with van der Waals surface area (Å²) in [5.74, 6) is -1.22. The third-order valence-corrected chi connectivity index (χ3v) is 3.85. The van der Waals surface area contributed by atoms with E-state index in [1.807, 2.05) is 44.2 Å². The Balaban J connectivity index is 3.01. The maximum absolute atomic E-state index is 13.0. The molecule has 0 fully saturated rings. The Hall–Kier alpha value is -2.57. The normalized spacial score (nSPS) is 12.8. The molecule has 0 aliphatic heterocycles. The first-order valence-electron chi connectivity index (χ1n) is 10.2. The number of carbonyl (C=O) groups is 3. The number of carbonyl (C=O) groups excluding carboxylic acids is 3. The van der Waals surface area contributed by atoms with Gasteiger partial charge in [-0.2, -0.15) is 0 Å². The second-order valence-electron chi connectivity index (χ2n) is 9.63. The number of rotatable bonds is 7. The van der Waals surface area contributed by atoms with Crippen molar-refractivity contribution in [2.75, 3.05) is 6.54 Å². The first-order chi connectivity index (χ1) is 13.7. The van der Waals surface area contributed by atoms with Gasteiger partial charge in [-0.3, -0.25) is 4.79 Å². The topological polar surface area (TPSA) is 84.9 Å². The predicted octanol–water partition coefficient (Wildman–Crippen LogP) is 3.91. The average molecular weight is 421 g/mol. The summed E-state index contributed by atoms with van der Waals surface area (Å²) in [6.07, 6.45) is 0. The molecule has 2 amide bonds. The summed E-state index contributed by atoms with van der Waals surface area (Å²) >= 11 is 0. The van der Waals surface area contributed by atoms with Crippen LogP contribution in [0.5, 0.6) is 0 Å². The number of esters is 2. The highest BCUT2D eigenvalue weighted by Gasteiger charge is 2.31. The summed E-state index contributed by atoms with van der Waals surface area (Å²) in [4.78, 5) is 39.3. The molecule has 1 atom stereocenters. The van der Waals surface area contributed by atoms with Gasteiger partial charge in [-0.25, -0.2) is 9.59 Å². The number of amides is 2. The summed E-state index contributed by atoms with van der Waals surface area (Å²) in [5.41, 5.74) is -0.479. The Morgan fingerprint density at radius 1 is 0.933 bits per heavy atom. The van der Waals surface area contributed by atoms with E-state index in [9.17, 15) is 14.4 Å². The lowest BCUT2D eigenvalue weighted by atomic mass is 10.0. The Labute approximate surface area is 180 Å². The third kappa shape index (κ3) is 9.76. The smallest absolute Gasteiger partial charge is 0.329 e. The molecule has 0 aliphatic rings. The number of ether oxygens (including phenoxy) is 2. The van der Waals surface area contributed by atoms with E-state index >= 15 is 0 Å². The van der Waals surface area contributed by atoms with Crippen LogP contribution < -0.4 is 5.32 Å². The van der Waals surface area contributed by atoms with E-state index in [0.29, 0.717) is 0 Å². The van der Waals surface area contributed by atoms with Gasteiger partial charge < -0.3 is 19.7 Å². The Morgan fingerprint density at radius 2 is 1.47 bits per heavy atom. The molecular weight excluding hydrogens is 384 g/mol. The first kappa shape index (κ1) is 25.5. The highest BCUT2D eigenvalue weighted by Crippen LogP contribution is 2.14. The Morgan fingerprint density at radius 3 is 1.93 bits per heavy atom. The zero-order valence-electron chi connectivity index (χ0n) is 19.4. The van der Waals surface area contributed by atoms with Gasteiger partial charge in [-0.1, -0.05) is 44.2 Å². The monoisotopic (exact) mass is 420 g/mol. The van der Waals surface area contributed by atoms with Crippen LogP contribution in [0.3, 0.4) is 0 Å². The van der Waals surface area contributed by atoms with Crippen molar-refractivity contribution in [3.05, 3.63) is 35.9 Å². The van der Waals surface area contributed by atoms with Gasteiger partial charge in [0.2, 0.25) is 0 Å². The molecule has 0 radical (unpaired) electrons. The van der Waals surface area contributed by atoms with Gasteiger partial charge in [0.1, 0.15) is 23.8 Å². The zero-order chi connectivity index (χ0) is 23.1. The van der Waals surface area contributed by atoms with Crippen molar-refractivity contribution in [1.82, 2.24) is 10.2 Å². The van der Waals surface area contributed by atoms with E-state index in [4.69, 9.17) is 9.47 Å². The lowest BCUT2D eigenvalue weighted by Gasteiger charge is -2.30. The van der Waals surface area contributed by atoms with Gasteiger partial charge >= 0.3 is 18.0 Å². The minimum Gasteiger partial charge on any atom is -0.459 e. The van der Waals surface area contributed by atoms with Crippen molar-refractivity contribution >= 4 is 18.0 Å². The summed E-state index contributed by atoms with van der Waals surface area (Å²) in [5, 5.41) is 2.73. The molecule has 0 heterocycles. The van der Waals surface area contributed by atoms with Gasteiger partial charge in [0, 0.05) is 6.54 Å². The molecule has 0 aliphatic carbocycles. The second kappa shape index (κ2) is 10.5. The molecule has 1 rings (SSSR count). The number of hydrogen-bond acceptors (Lipinski definition) is 5. The fourth-order valence-corrected chi connectivity index (χ4v) is 2.62. The highest BCUT2D eigenvalue weighted by atomic mass is 16.6. The SMILES string of the molecule is CC(C)[C@H](NC(=O)N(CC(=O)OC(C)(C)C)Cc1ccccc1)C(=O)OC(C)(C)C. The molecule has 0 bridgehead atoms. The van der Waals surface area contributed by atoms with Crippen LogP contribution in [0.15, 0.2) is 30.3 Å². The molecule has 0 saturated carbocycles. The van der Waals surface area contributed by atoms with E-state index in [1.54, 1.807) is 41.5 Å². The molecule has 0 spiro atoms. The highest BCUT2D eigenvalue weighted by molar-refractivity contribution is 5.86. The molecule has 30 heavy (non-hydrogen) atoms. The number of urea groups is 1. The van der Waals surface area contributed by atoms with Crippen LogP contribution in [-0.4, -0.2) is 46.7 Å². The Kier molecular flexibility index (Phi) is 8.88. The van der Waals surface area contributed by atoms with Crippen LogP contribution >= 0.6 is 0 Å². The van der Waals surface area contributed by atoms with Gasteiger partial charge in [0.25, 0.3) is 0 Å². The molecule has 0 saturated heterocycles. The summed E-state index contributed by atoms with van der Waals surface area (Å²) in [6, 6.07) is 7.95. The maximum Gasteiger partial charge on any atom is 0.329 e. The van der Waals surface area contributed by atoms with Gasteiger partial charge in [-0.05, 0) is 53.0 Å².